The number of rotatable bonds is 3. The quantitative estimate of drug-likeness (QED) is 0.569. The molecule has 2 aromatic heterocycles. The number of aliphatic imine (C=N–C) groups is 1. The minimum atomic E-state index is -0.971. The number of halogens is 1. The predicted octanol–water partition coefficient (Wildman–Crippen LogP) is 4.00. The number of pyridine rings is 1. The Labute approximate surface area is 173 Å². The summed E-state index contributed by atoms with van der Waals surface area (Å²) in [5, 5.41) is 0. The first-order valence-electron chi connectivity index (χ1n) is 9.53. The van der Waals surface area contributed by atoms with Gasteiger partial charge >= 0.3 is 0 Å². The number of aryl methyl sites for hydroxylation is 1. The SMILES string of the molecule is Cc1cc([C@@]2(c3cccc(-c4cncnc4)c3)N=C(N)c3c(F)cccc32)ccn1. The summed E-state index contributed by atoms with van der Waals surface area (Å²) >= 11 is 0. The molecule has 0 fully saturated rings. The third-order valence-corrected chi connectivity index (χ3v) is 5.44. The summed E-state index contributed by atoms with van der Waals surface area (Å²) in [6.45, 7) is 1.92. The molecule has 0 spiro atoms. The summed E-state index contributed by atoms with van der Waals surface area (Å²) in [7, 11) is 0. The van der Waals surface area contributed by atoms with E-state index in [0.29, 0.717) is 11.1 Å². The van der Waals surface area contributed by atoms with Gasteiger partial charge in [0, 0.05) is 35.4 Å². The third kappa shape index (κ3) is 2.69. The molecule has 2 N–H and O–H groups in total. The van der Waals surface area contributed by atoms with E-state index < -0.39 is 5.54 Å². The molecule has 1 atom stereocenters. The highest BCUT2D eigenvalue weighted by Gasteiger charge is 2.44. The lowest BCUT2D eigenvalue weighted by Gasteiger charge is -2.29. The maximum absolute atomic E-state index is 14.7. The van der Waals surface area contributed by atoms with E-state index in [0.717, 1.165) is 27.9 Å². The van der Waals surface area contributed by atoms with Crippen LogP contribution in [-0.2, 0) is 5.54 Å². The van der Waals surface area contributed by atoms with Crippen molar-refractivity contribution < 1.29 is 4.39 Å². The largest absolute Gasteiger partial charge is 0.383 e. The van der Waals surface area contributed by atoms with Crippen LogP contribution >= 0.6 is 0 Å². The van der Waals surface area contributed by atoms with E-state index in [2.05, 4.69) is 15.0 Å². The van der Waals surface area contributed by atoms with E-state index in [1.54, 1.807) is 24.7 Å². The average Bonchev–Trinajstić information content (AvgIpc) is 3.09. The summed E-state index contributed by atoms with van der Waals surface area (Å²) in [6.07, 6.45) is 6.75. The molecule has 0 unspecified atom stereocenters. The Hall–Kier alpha value is -3.93. The third-order valence-electron chi connectivity index (χ3n) is 5.44. The second-order valence-corrected chi connectivity index (χ2v) is 7.26. The molecular formula is C24H18FN5. The summed E-state index contributed by atoms with van der Waals surface area (Å²) in [5.41, 5.74) is 10.8. The van der Waals surface area contributed by atoms with E-state index in [1.807, 2.05) is 49.4 Å². The molecule has 2 aromatic carbocycles. The number of nitrogens with two attached hydrogens (primary N) is 1. The Kier molecular flexibility index (Phi) is 4.13. The van der Waals surface area contributed by atoms with Crippen LogP contribution in [0, 0.1) is 12.7 Å². The van der Waals surface area contributed by atoms with E-state index in [1.165, 1.54) is 12.4 Å². The Morgan fingerprint density at radius 1 is 0.900 bits per heavy atom. The van der Waals surface area contributed by atoms with Gasteiger partial charge in [-0.1, -0.05) is 30.3 Å². The number of fused-ring (bicyclic) bond motifs is 1. The molecule has 5 nitrogen and oxygen atoms in total. The Balaban J connectivity index is 1.82. The normalized spacial score (nSPS) is 17.5. The van der Waals surface area contributed by atoms with Gasteiger partial charge in [-0.3, -0.25) is 4.98 Å². The van der Waals surface area contributed by atoms with Crippen LogP contribution in [0.4, 0.5) is 4.39 Å². The van der Waals surface area contributed by atoms with Crippen molar-refractivity contribution in [3.63, 3.8) is 0 Å². The molecule has 0 bridgehead atoms. The van der Waals surface area contributed by atoms with Gasteiger partial charge in [0.05, 0.1) is 5.56 Å². The van der Waals surface area contributed by atoms with Crippen molar-refractivity contribution in [3.05, 3.63) is 113 Å². The Morgan fingerprint density at radius 3 is 2.47 bits per heavy atom. The van der Waals surface area contributed by atoms with Crippen LogP contribution in [-0.4, -0.2) is 20.8 Å². The Bertz CT molecular complexity index is 1290. The zero-order valence-electron chi connectivity index (χ0n) is 16.2. The fourth-order valence-corrected chi connectivity index (χ4v) is 4.13. The topological polar surface area (TPSA) is 77.0 Å². The van der Waals surface area contributed by atoms with Gasteiger partial charge in [0.15, 0.2) is 0 Å². The number of amidine groups is 1. The van der Waals surface area contributed by atoms with Crippen LogP contribution in [0.2, 0.25) is 0 Å². The van der Waals surface area contributed by atoms with Gasteiger partial charge in [0.1, 0.15) is 23.5 Å². The van der Waals surface area contributed by atoms with Crippen molar-refractivity contribution in [2.45, 2.75) is 12.5 Å². The number of aromatic nitrogens is 3. The van der Waals surface area contributed by atoms with Crippen LogP contribution in [0.15, 0.2) is 84.5 Å². The van der Waals surface area contributed by atoms with Crippen LogP contribution in [0.3, 0.4) is 0 Å². The van der Waals surface area contributed by atoms with E-state index in [9.17, 15) is 4.39 Å². The van der Waals surface area contributed by atoms with Crippen LogP contribution < -0.4 is 5.73 Å². The van der Waals surface area contributed by atoms with Crippen molar-refractivity contribution in [1.82, 2.24) is 15.0 Å². The summed E-state index contributed by atoms with van der Waals surface area (Å²) in [6, 6.07) is 16.8. The minimum absolute atomic E-state index is 0.186. The van der Waals surface area contributed by atoms with E-state index >= 15 is 0 Å². The smallest absolute Gasteiger partial charge is 0.139 e. The molecular weight excluding hydrogens is 377 g/mol. The maximum atomic E-state index is 14.7. The molecule has 30 heavy (non-hydrogen) atoms. The monoisotopic (exact) mass is 395 g/mol. The van der Waals surface area contributed by atoms with Gasteiger partial charge in [-0.05, 0) is 47.9 Å². The average molecular weight is 395 g/mol. The van der Waals surface area contributed by atoms with Crippen molar-refractivity contribution in [3.8, 4) is 11.1 Å². The number of benzene rings is 2. The zero-order valence-corrected chi connectivity index (χ0v) is 16.2. The van der Waals surface area contributed by atoms with E-state index in [4.69, 9.17) is 10.7 Å². The summed E-state index contributed by atoms with van der Waals surface area (Å²) < 4.78 is 14.7. The molecule has 0 saturated heterocycles. The van der Waals surface area contributed by atoms with Gasteiger partial charge in [-0.25, -0.2) is 19.4 Å². The van der Waals surface area contributed by atoms with Gasteiger partial charge < -0.3 is 5.73 Å². The lowest BCUT2D eigenvalue weighted by molar-refractivity contribution is 0.615. The fourth-order valence-electron chi connectivity index (χ4n) is 4.13. The molecule has 1 aliphatic heterocycles. The number of hydrogen-bond donors (Lipinski definition) is 1. The Morgan fingerprint density at radius 2 is 1.67 bits per heavy atom. The molecule has 3 heterocycles. The highest BCUT2D eigenvalue weighted by atomic mass is 19.1. The van der Waals surface area contributed by atoms with Gasteiger partial charge in [0.2, 0.25) is 0 Å². The molecule has 0 amide bonds. The lowest BCUT2D eigenvalue weighted by Crippen LogP contribution is -2.26. The summed E-state index contributed by atoms with van der Waals surface area (Å²) in [4.78, 5) is 17.4. The molecule has 4 aromatic rings. The van der Waals surface area contributed by atoms with Crippen molar-refractivity contribution in [1.29, 1.82) is 0 Å². The maximum Gasteiger partial charge on any atom is 0.139 e. The zero-order chi connectivity index (χ0) is 20.7. The number of hydrogen-bond acceptors (Lipinski definition) is 5. The first-order chi connectivity index (χ1) is 14.6. The van der Waals surface area contributed by atoms with Crippen LogP contribution in [0.25, 0.3) is 11.1 Å². The van der Waals surface area contributed by atoms with Crippen molar-refractivity contribution in [2.75, 3.05) is 0 Å². The standard InChI is InChI=1S/C24H18FN5/c1-15-10-19(8-9-29-15)24(20-6-3-7-21(25)22(20)23(26)30-24)18-5-2-4-16(11-18)17-12-27-14-28-13-17/h2-14H,1H3,(H2,26,30)/t24-/m1/s1. The highest BCUT2D eigenvalue weighted by Crippen LogP contribution is 2.47. The van der Waals surface area contributed by atoms with Gasteiger partial charge in [0.25, 0.3) is 0 Å². The molecule has 0 aliphatic carbocycles. The second kappa shape index (κ2) is 6.84. The lowest BCUT2D eigenvalue weighted by atomic mass is 9.77. The van der Waals surface area contributed by atoms with Gasteiger partial charge in [-0.15, -0.1) is 0 Å². The summed E-state index contributed by atoms with van der Waals surface area (Å²) in [5.74, 6) is -0.194. The first kappa shape index (κ1) is 18.1. The minimum Gasteiger partial charge on any atom is -0.383 e. The molecule has 1 aliphatic rings. The van der Waals surface area contributed by atoms with Crippen LogP contribution in [0.1, 0.15) is 27.9 Å². The van der Waals surface area contributed by atoms with Gasteiger partial charge in [-0.2, -0.15) is 0 Å². The molecule has 0 radical (unpaired) electrons. The van der Waals surface area contributed by atoms with Crippen molar-refractivity contribution >= 4 is 5.84 Å². The van der Waals surface area contributed by atoms with Crippen LogP contribution in [0.5, 0.6) is 0 Å². The number of nitrogens with zero attached hydrogens (tertiary/aromatic N) is 4. The highest BCUT2D eigenvalue weighted by molar-refractivity contribution is 6.03. The molecule has 146 valence electrons. The molecule has 5 rings (SSSR count). The first-order valence-corrected chi connectivity index (χ1v) is 9.53. The second-order valence-electron chi connectivity index (χ2n) is 7.26. The fraction of sp³-hybridized carbons (Fsp3) is 0.0833. The molecule has 6 heteroatoms. The van der Waals surface area contributed by atoms with Crippen molar-refractivity contribution in [2.24, 2.45) is 10.7 Å². The molecule has 0 saturated carbocycles. The van der Waals surface area contributed by atoms with E-state index in [-0.39, 0.29) is 11.7 Å². The predicted molar refractivity (Wildman–Crippen MR) is 113 cm³/mol.